The third-order valence-electron chi connectivity index (χ3n) is 4.34. The van der Waals surface area contributed by atoms with Crippen molar-refractivity contribution in [3.63, 3.8) is 0 Å². The van der Waals surface area contributed by atoms with Crippen molar-refractivity contribution >= 4 is 17.2 Å². The van der Waals surface area contributed by atoms with E-state index >= 15 is 0 Å². The van der Waals surface area contributed by atoms with Crippen LogP contribution in [0.5, 0.6) is 5.75 Å². The lowest BCUT2D eigenvalue weighted by Crippen LogP contribution is -2.28. The van der Waals surface area contributed by atoms with E-state index in [1.54, 1.807) is 0 Å². The van der Waals surface area contributed by atoms with E-state index in [-0.39, 0.29) is 18.4 Å². The normalized spacial score (nSPS) is 11.8. The molecule has 0 aliphatic heterocycles. The molecule has 0 radical (unpaired) electrons. The van der Waals surface area contributed by atoms with E-state index in [1.165, 1.54) is 16.9 Å². The second-order valence-corrected chi connectivity index (χ2v) is 7.25. The number of benzene rings is 2. The second-order valence-electron chi connectivity index (χ2n) is 6.40. The van der Waals surface area contributed by atoms with Crippen molar-refractivity contribution in [2.75, 3.05) is 6.61 Å². The van der Waals surface area contributed by atoms with Crippen LogP contribution in [0.25, 0.3) is 10.6 Å². The van der Waals surface area contributed by atoms with Gasteiger partial charge in [-0.3, -0.25) is 4.79 Å². The van der Waals surface area contributed by atoms with Crippen molar-refractivity contribution in [3.05, 3.63) is 70.7 Å². The molecule has 0 fully saturated rings. The summed E-state index contributed by atoms with van der Waals surface area (Å²) >= 11 is 1.53. The van der Waals surface area contributed by atoms with Gasteiger partial charge in [0.1, 0.15) is 10.8 Å². The maximum absolute atomic E-state index is 12.5. The largest absolute Gasteiger partial charge is 0.493 e. The number of ether oxygens (including phenoxy) is 1. The molecule has 3 rings (SSSR count). The van der Waals surface area contributed by atoms with Crippen molar-refractivity contribution in [3.8, 4) is 16.3 Å². The summed E-state index contributed by atoms with van der Waals surface area (Å²) in [5.74, 6) is 0.791. The lowest BCUT2D eigenvalue weighted by molar-refractivity contribution is -0.121. The van der Waals surface area contributed by atoms with Crippen molar-refractivity contribution < 1.29 is 9.53 Å². The molecular weight excluding hydrogens is 356 g/mol. The van der Waals surface area contributed by atoms with E-state index in [9.17, 15) is 4.79 Å². The highest BCUT2D eigenvalue weighted by Crippen LogP contribution is 2.32. The predicted octanol–water partition coefficient (Wildman–Crippen LogP) is 4.94. The number of hydrogen-bond acceptors (Lipinski definition) is 4. The fraction of sp³-hybridized carbons (Fsp3) is 0.273. The van der Waals surface area contributed by atoms with Gasteiger partial charge in [0, 0.05) is 5.38 Å². The molecule has 0 saturated carbocycles. The number of carbonyl (C=O) groups is 1. The Morgan fingerprint density at radius 2 is 1.93 bits per heavy atom. The molecule has 1 heterocycles. The molecular formula is C22H24N2O2S. The number of aryl methyl sites for hydroxylation is 1. The molecule has 5 heteroatoms. The summed E-state index contributed by atoms with van der Waals surface area (Å²) in [4.78, 5) is 17.1. The molecule has 0 saturated heterocycles. The molecule has 1 aromatic heterocycles. The Labute approximate surface area is 164 Å². The molecule has 1 atom stereocenters. The molecule has 4 nitrogen and oxygen atoms in total. The molecule has 140 valence electrons. The van der Waals surface area contributed by atoms with Gasteiger partial charge in [-0.2, -0.15) is 0 Å². The second kappa shape index (κ2) is 8.82. The van der Waals surface area contributed by atoms with Gasteiger partial charge >= 0.3 is 0 Å². The number of carbonyl (C=O) groups excluding carboxylic acids is 1. The first-order chi connectivity index (χ1) is 13.1. The van der Waals surface area contributed by atoms with E-state index in [4.69, 9.17) is 4.74 Å². The Bertz CT molecular complexity index is 920. The summed E-state index contributed by atoms with van der Waals surface area (Å²) in [6, 6.07) is 15.9. The van der Waals surface area contributed by atoms with Gasteiger partial charge in [-0.1, -0.05) is 36.4 Å². The van der Waals surface area contributed by atoms with Gasteiger partial charge in [0.05, 0.1) is 30.3 Å². The standard InChI is InChI=1S/C22H24N2O2S/c1-4-26-20-12-8-7-11-19(20)22-24-17(14-27-22)13-21(25)23-16(3)18-10-6-5-9-15(18)2/h5-12,14,16H,4,13H2,1-3H3,(H,23,25). The Kier molecular flexibility index (Phi) is 6.24. The van der Waals surface area contributed by atoms with E-state index in [2.05, 4.69) is 23.3 Å². The molecule has 1 amide bonds. The van der Waals surface area contributed by atoms with E-state index in [0.29, 0.717) is 6.61 Å². The monoisotopic (exact) mass is 380 g/mol. The number of hydrogen-bond donors (Lipinski definition) is 1. The summed E-state index contributed by atoms with van der Waals surface area (Å²) in [6.45, 7) is 6.63. The van der Waals surface area contributed by atoms with Crippen molar-refractivity contribution in [2.45, 2.75) is 33.2 Å². The first-order valence-corrected chi connectivity index (χ1v) is 9.98. The van der Waals surface area contributed by atoms with Crippen LogP contribution >= 0.6 is 11.3 Å². The number of nitrogens with zero attached hydrogens (tertiary/aromatic N) is 1. The molecule has 0 bridgehead atoms. The molecule has 0 spiro atoms. The fourth-order valence-corrected chi connectivity index (χ4v) is 3.89. The third kappa shape index (κ3) is 4.74. The Morgan fingerprint density at radius 1 is 1.19 bits per heavy atom. The highest BCUT2D eigenvalue weighted by atomic mass is 32.1. The average Bonchev–Trinajstić information content (AvgIpc) is 3.10. The van der Waals surface area contributed by atoms with Crippen LogP contribution in [0.15, 0.2) is 53.9 Å². The van der Waals surface area contributed by atoms with E-state index < -0.39 is 0 Å². The van der Waals surface area contributed by atoms with Gasteiger partial charge in [0.15, 0.2) is 0 Å². The molecule has 1 unspecified atom stereocenters. The highest BCUT2D eigenvalue weighted by molar-refractivity contribution is 7.13. The summed E-state index contributed by atoms with van der Waals surface area (Å²) in [7, 11) is 0. The first kappa shape index (κ1) is 19.1. The van der Waals surface area contributed by atoms with Crippen molar-refractivity contribution in [1.82, 2.24) is 10.3 Å². The molecule has 0 aliphatic carbocycles. The fourth-order valence-electron chi connectivity index (χ4n) is 3.04. The zero-order chi connectivity index (χ0) is 19.2. The van der Waals surface area contributed by atoms with Crippen LogP contribution in [0.1, 0.15) is 36.7 Å². The Hall–Kier alpha value is -2.66. The smallest absolute Gasteiger partial charge is 0.226 e. The molecule has 0 aliphatic rings. The van der Waals surface area contributed by atoms with E-state index in [1.807, 2.05) is 61.7 Å². The van der Waals surface area contributed by atoms with Gasteiger partial charge in [0.25, 0.3) is 0 Å². The topological polar surface area (TPSA) is 51.2 Å². The third-order valence-corrected chi connectivity index (χ3v) is 5.27. The Morgan fingerprint density at radius 3 is 2.70 bits per heavy atom. The maximum Gasteiger partial charge on any atom is 0.226 e. The Balaban J connectivity index is 1.67. The van der Waals surface area contributed by atoms with E-state index in [0.717, 1.165) is 27.6 Å². The van der Waals surface area contributed by atoms with Crippen LogP contribution in [0.2, 0.25) is 0 Å². The minimum Gasteiger partial charge on any atom is -0.493 e. The number of thiazole rings is 1. The minimum absolute atomic E-state index is 0.0271. The van der Waals surface area contributed by atoms with Gasteiger partial charge < -0.3 is 10.1 Å². The summed E-state index contributed by atoms with van der Waals surface area (Å²) in [5.41, 5.74) is 4.05. The summed E-state index contributed by atoms with van der Waals surface area (Å²) in [6.07, 6.45) is 0.267. The van der Waals surface area contributed by atoms with Gasteiger partial charge in [-0.15, -0.1) is 11.3 Å². The predicted molar refractivity (Wildman–Crippen MR) is 110 cm³/mol. The van der Waals surface area contributed by atoms with Crippen LogP contribution in [0.4, 0.5) is 0 Å². The lowest BCUT2D eigenvalue weighted by Gasteiger charge is -2.16. The minimum atomic E-state index is -0.0320. The number of aromatic nitrogens is 1. The molecule has 27 heavy (non-hydrogen) atoms. The quantitative estimate of drug-likeness (QED) is 0.632. The van der Waals surface area contributed by atoms with Crippen LogP contribution in [0.3, 0.4) is 0 Å². The summed E-state index contributed by atoms with van der Waals surface area (Å²) < 4.78 is 5.68. The highest BCUT2D eigenvalue weighted by Gasteiger charge is 2.15. The molecule has 3 aromatic rings. The van der Waals surface area contributed by atoms with Crippen LogP contribution in [-0.2, 0) is 11.2 Å². The average molecular weight is 381 g/mol. The van der Waals surface area contributed by atoms with Gasteiger partial charge in [-0.05, 0) is 44.0 Å². The molecule has 1 N–H and O–H groups in total. The molecule has 2 aromatic carbocycles. The SMILES string of the molecule is CCOc1ccccc1-c1nc(CC(=O)NC(C)c2ccccc2C)cs1. The number of amides is 1. The zero-order valence-corrected chi connectivity index (χ0v) is 16.7. The number of para-hydroxylation sites is 1. The zero-order valence-electron chi connectivity index (χ0n) is 15.9. The van der Waals surface area contributed by atoms with Crippen molar-refractivity contribution in [1.29, 1.82) is 0 Å². The number of rotatable bonds is 7. The van der Waals surface area contributed by atoms with Gasteiger partial charge in [-0.25, -0.2) is 4.98 Å². The number of nitrogens with one attached hydrogen (secondary N) is 1. The van der Waals surface area contributed by atoms with Gasteiger partial charge in [0.2, 0.25) is 5.91 Å². The van der Waals surface area contributed by atoms with Crippen LogP contribution in [0, 0.1) is 6.92 Å². The van der Waals surface area contributed by atoms with Crippen molar-refractivity contribution in [2.24, 2.45) is 0 Å². The first-order valence-electron chi connectivity index (χ1n) is 9.10. The maximum atomic E-state index is 12.5. The summed E-state index contributed by atoms with van der Waals surface area (Å²) in [5, 5.41) is 5.88. The van der Waals surface area contributed by atoms with Crippen LogP contribution < -0.4 is 10.1 Å². The lowest BCUT2D eigenvalue weighted by atomic mass is 10.0. The van der Waals surface area contributed by atoms with Crippen LogP contribution in [-0.4, -0.2) is 17.5 Å².